The van der Waals surface area contributed by atoms with E-state index in [1.165, 1.54) is 58.3 Å². The summed E-state index contributed by atoms with van der Waals surface area (Å²) in [6, 6.07) is 0. The first-order valence-electron chi connectivity index (χ1n) is 26.6. The van der Waals surface area contributed by atoms with Gasteiger partial charge in [-0.3, -0.25) is 4.79 Å². The van der Waals surface area contributed by atoms with Gasteiger partial charge in [0, 0.05) is 34.1 Å². The second kappa shape index (κ2) is 21.4. The Balaban J connectivity index is 0.000000139. The molecular weight excluding hydrogens is 893 g/mol. The van der Waals surface area contributed by atoms with E-state index in [4.69, 9.17) is 28.4 Å². The van der Waals surface area contributed by atoms with Gasteiger partial charge in [-0.1, -0.05) is 53.5 Å². The third kappa shape index (κ3) is 11.3. The molecule has 0 radical (unpaired) electrons. The van der Waals surface area contributed by atoms with E-state index < -0.39 is 30.3 Å². The Bertz CT molecular complexity index is 2030. The van der Waals surface area contributed by atoms with Gasteiger partial charge in [-0.15, -0.1) is 0 Å². The molecule has 70 heavy (non-hydrogen) atoms. The van der Waals surface area contributed by atoms with Gasteiger partial charge in [-0.05, 0) is 184 Å². The minimum absolute atomic E-state index is 0.0128. The molecule has 0 amide bonds. The molecule has 0 aromatic carbocycles. The second-order valence-corrected chi connectivity index (χ2v) is 23.8. The summed E-state index contributed by atoms with van der Waals surface area (Å²) in [4.78, 5) is 69.7. The molecule has 7 unspecified atom stereocenters. The van der Waals surface area contributed by atoms with E-state index >= 15 is 0 Å². The molecule has 10 bridgehead atoms. The highest BCUT2D eigenvalue weighted by molar-refractivity contribution is 5.89. The van der Waals surface area contributed by atoms with Gasteiger partial charge in [-0.2, -0.15) is 0 Å². The first kappa shape index (κ1) is 53.5. The fraction of sp³-hybridized carbons (Fsp3) is 0.754. The maximum atomic E-state index is 12.1. The van der Waals surface area contributed by atoms with Crippen molar-refractivity contribution in [2.24, 2.45) is 65.1 Å². The molecule has 1 N–H and O–H groups in total. The molecule has 11 aliphatic carbocycles. The number of aliphatic hydroxyl groups is 1. The molecule has 11 saturated carbocycles. The molecule has 13 nitrogen and oxygen atoms in total. The van der Waals surface area contributed by atoms with Gasteiger partial charge in [0.2, 0.25) is 0 Å². The zero-order chi connectivity index (χ0) is 51.0. The van der Waals surface area contributed by atoms with Crippen molar-refractivity contribution in [3.8, 4) is 0 Å². The van der Waals surface area contributed by atoms with Crippen LogP contribution in [-0.4, -0.2) is 82.6 Å². The third-order valence-corrected chi connectivity index (χ3v) is 18.1. The van der Waals surface area contributed by atoms with Crippen LogP contribution in [-0.2, 0) is 57.2 Å². The summed E-state index contributed by atoms with van der Waals surface area (Å²) in [6.07, 6.45) is 18.8. The zero-order valence-corrected chi connectivity index (χ0v) is 43.2. The average molecular weight is 975 g/mol. The molecule has 12 aliphatic rings. The van der Waals surface area contributed by atoms with Crippen LogP contribution in [0.4, 0.5) is 0 Å². The molecule has 12 rings (SSSR count). The summed E-state index contributed by atoms with van der Waals surface area (Å²) in [5.74, 6) is 3.05. The maximum absolute atomic E-state index is 12.1. The molecule has 7 atom stereocenters. The lowest BCUT2D eigenvalue weighted by Gasteiger charge is -2.61. The molecule has 0 aromatic heterocycles. The van der Waals surface area contributed by atoms with Crippen LogP contribution < -0.4 is 0 Å². The molecule has 12 fully saturated rings. The van der Waals surface area contributed by atoms with Crippen molar-refractivity contribution in [2.45, 2.75) is 199 Å². The van der Waals surface area contributed by atoms with Crippen LogP contribution in [0.2, 0.25) is 0 Å². The van der Waals surface area contributed by atoms with Crippen LogP contribution in [0.15, 0.2) is 48.6 Å². The van der Waals surface area contributed by atoms with Crippen molar-refractivity contribution < 1.29 is 62.3 Å². The topological polar surface area (TPSA) is 178 Å². The Morgan fingerprint density at radius 1 is 0.643 bits per heavy atom. The van der Waals surface area contributed by atoms with E-state index in [1.807, 2.05) is 0 Å². The SMILES string of the molecule is C=C(C)C(=O)OC1(C(C)C)C2CC3CC(C2)CC1C3.C=C(C)C(=O)OC1(CC)CCCCC1.C=C(C)C(=O)OC1C2CC3CC1CC(O)(C3)C2.C=C(C)C(=O)OCC(=O)OC1C2CC3C(=O)OC1C3C2. The fourth-order valence-electron chi connectivity index (χ4n) is 15.3. The van der Waals surface area contributed by atoms with Crippen LogP contribution in [0.3, 0.4) is 0 Å². The highest BCUT2D eigenvalue weighted by Crippen LogP contribution is 2.62. The Labute approximate surface area is 416 Å². The highest BCUT2D eigenvalue weighted by Gasteiger charge is 2.64. The Hall–Kier alpha value is -4.26. The van der Waals surface area contributed by atoms with Crippen molar-refractivity contribution in [3.63, 3.8) is 0 Å². The minimum atomic E-state index is -0.623. The van der Waals surface area contributed by atoms with Crippen LogP contribution >= 0.6 is 0 Å². The van der Waals surface area contributed by atoms with Crippen molar-refractivity contribution >= 4 is 35.8 Å². The van der Waals surface area contributed by atoms with Crippen LogP contribution in [0.5, 0.6) is 0 Å². The first-order valence-corrected chi connectivity index (χ1v) is 26.6. The molecule has 1 saturated heterocycles. The largest absolute Gasteiger partial charge is 0.458 e. The number of carbonyl (C=O) groups is 6. The molecule has 0 spiro atoms. The molecule has 1 heterocycles. The van der Waals surface area contributed by atoms with Gasteiger partial charge in [0.15, 0.2) is 6.61 Å². The number of rotatable bonds is 12. The maximum Gasteiger partial charge on any atom is 0.344 e. The van der Waals surface area contributed by atoms with Gasteiger partial charge >= 0.3 is 35.8 Å². The lowest BCUT2D eigenvalue weighted by molar-refractivity contribution is -0.221. The van der Waals surface area contributed by atoms with Gasteiger partial charge in [0.05, 0.1) is 11.5 Å². The smallest absolute Gasteiger partial charge is 0.344 e. The predicted octanol–water partition coefficient (Wildman–Crippen LogP) is 9.82. The van der Waals surface area contributed by atoms with Gasteiger partial charge in [0.25, 0.3) is 0 Å². The van der Waals surface area contributed by atoms with E-state index in [-0.39, 0.29) is 70.6 Å². The van der Waals surface area contributed by atoms with E-state index in [0.717, 1.165) is 76.0 Å². The van der Waals surface area contributed by atoms with E-state index in [2.05, 4.69) is 47.1 Å². The molecular formula is C57H82O13. The predicted molar refractivity (Wildman–Crippen MR) is 261 cm³/mol. The number of ether oxygens (including phenoxy) is 6. The molecule has 388 valence electrons. The summed E-state index contributed by atoms with van der Waals surface area (Å²) in [7, 11) is 0. The monoisotopic (exact) mass is 975 g/mol. The lowest BCUT2D eigenvalue weighted by Crippen LogP contribution is -2.62. The van der Waals surface area contributed by atoms with Crippen molar-refractivity contribution in [1.29, 1.82) is 0 Å². The average Bonchev–Trinajstić information content (AvgIpc) is 3.93. The Morgan fingerprint density at radius 3 is 1.69 bits per heavy atom. The molecule has 0 aromatic rings. The highest BCUT2D eigenvalue weighted by atomic mass is 16.6. The summed E-state index contributed by atoms with van der Waals surface area (Å²) >= 11 is 0. The summed E-state index contributed by atoms with van der Waals surface area (Å²) < 4.78 is 32.6. The van der Waals surface area contributed by atoms with E-state index in [9.17, 15) is 33.9 Å². The number of hydrogen-bond acceptors (Lipinski definition) is 13. The molecule has 13 heteroatoms. The Morgan fingerprint density at radius 2 is 1.19 bits per heavy atom. The Kier molecular flexibility index (Phi) is 16.4. The summed E-state index contributed by atoms with van der Waals surface area (Å²) in [5.41, 5.74) is 0.889. The lowest BCUT2D eigenvalue weighted by atomic mass is 9.47. The first-order chi connectivity index (χ1) is 33.0. The normalized spacial score (nSPS) is 37.7. The van der Waals surface area contributed by atoms with Crippen LogP contribution in [0.1, 0.15) is 164 Å². The van der Waals surface area contributed by atoms with Gasteiger partial charge in [-0.25, -0.2) is 24.0 Å². The summed E-state index contributed by atoms with van der Waals surface area (Å²) in [6.45, 7) is 27.2. The van der Waals surface area contributed by atoms with E-state index in [1.54, 1.807) is 20.8 Å². The van der Waals surface area contributed by atoms with Crippen LogP contribution in [0, 0.1) is 65.1 Å². The number of fused-ring (bicyclic) bond motifs is 1. The standard InChI is InChI=1S/C17H26O2.C14H16O6.C14H20O3.C12H20O2/c1-10(2)16(18)19-17(11(3)4)14-6-12-5-13(8-14)9-15(17)7-12;1-6(2)13(16)18-5-10(15)19-11-7-3-8-9(4-7)14(17)20-12(8)11;1-8(2)13(15)17-12-10-3-9-4-11(12)7-14(16,5-9)6-10;1-4-12(8-6-5-7-9-12)14-11(13)10(2)3/h11-15H,1,5-9H2,2-4H3;7-9,11-12H,1,3-5H2,2H3;9-12,16H,1,3-7H2,2H3;2,4-9H2,1,3H3. The molecule has 1 aliphatic heterocycles. The summed E-state index contributed by atoms with van der Waals surface area (Å²) in [5, 5.41) is 10.4. The third-order valence-electron chi connectivity index (χ3n) is 18.1. The minimum Gasteiger partial charge on any atom is -0.458 e. The van der Waals surface area contributed by atoms with Crippen molar-refractivity contribution in [3.05, 3.63) is 48.6 Å². The number of hydrogen-bond donors (Lipinski definition) is 1. The van der Waals surface area contributed by atoms with Crippen LogP contribution in [0.25, 0.3) is 0 Å². The number of carbonyl (C=O) groups excluding carboxylic acids is 6. The van der Waals surface area contributed by atoms with Gasteiger partial charge in [0.1, 0.15) is 29.5 Å². The zero-order valence-electron chi connectivity index (χ0n) is 43.2. The quantitative estimate of drug-likeness (QED) is 0.111. The van der Waals surface area contributed by atoms with Crippen molar-refractivity contribution in [1.82, 2.24) is 0 Å². The fourth-order valence-corrected chi connectivity index (χ4v) is 15.3. The van der Waals surface area contributed by atoms with Gasteiger partial charge < -0.3 is 33.5 Å². The van der Waals surface area contributed by atoms with E-state index in [0.29, 0.717) is 52.2 Å². The number of esters is 6. The van der Waals surface area contributed by atoms with Crippen molar-refractivity contribution in [2.75, 3.05) is 6.61 Å². The second-order valence-electron chi connectivity index (χ2n) is 23.8.